The Bertz CT molecular complexity index is 599. The minimum absolute atomic E-state index is 0.0904. The third kappa shape index (κ3) is 5.63. The van der Waals surface area contributed by atoms with Gasteiger partial charge in [0.25, 0.3) is 5.91 Å². The number of terminal acetylenes is 1. The number of esters is 1. The van der Waals surface area contributed by atoms with Crippen LogP contribution in [0.1, 0.15) is 50.5 Å². The minimum atomic E-state index is -0.454. The van der Waals surface area contributed by atoms with Gasteiger partial charge in [0.2, 0.25) is 0 Å². The summed E-state index contributed by atoms with van der Waals surface area (Å²) in [7, 11) is 0. The standard InChI is InChI=1S/C21H27NO3/c1-3-20(23)22(16-21(24)25-4-2)15-19(17-11-7-5-8-12-17)18-13-9-6-10-14-18/h1,5,7-8,11-12,18-19H,4,6,9-10,13-16H2,2H3/t19-/m0/s1. The molecule has 1 aromatic rings. The van der Waals surface area contributed by atoms with E-state index in [-0.39, 0.29) is 12.5 Å². The number of ether oxygens (including phenoxy) is 1. The van der Waals surface area contributed by atoms with Crippen molar-refractivity contribution in [1.29, 1.82) is 0 Å². The van der Waals surface area contributed by atoms with Crippen LogP contribution < -0.4 is 0 Å². The quantitative estimate of drug-likeness (QED) is 0.564. The Balaban J connectivity index is 2.20. The Morgan fingerprint density at radius 2 is 1.92 bits per heavy atom. The smallest absolute Gasteiger partial charge is 0.325 e. The molecule has 2 rings (SSSR count). The summed E-state index contributed by atoms with van der Waals surface area (Å²) in [4.78, 5) is 25.5. The van der Waals surface area contributed by atoms with Crippen molar-refractivity contribution in [3.63, 3.8) is 0 Å². The van der Waals surface area contributed by atoms with Crippen molar-refractivity contribution < 1.29 is 14.3 Å². The van der Waals surface area contributed by atoms with E-state index in [2.05, 4.69) is 18.1 Å². The van der Waals surface area contributed by atoms with Crippen LogP contribution in [0.3, 0.4) is 0 Å². The van der Waals surface area contributed by atoms with Crippen molar-refractivity contribution in [2.24, 2.45) is 5.92 Å². The summed E-state index contributed by atoms with van der Waals surface area (Å²) in [5.74, 6) is 1.98. The molecule has 4 nitrogen and oxygen atoms in total. The normalized spacial score (nSPS) is 15.8. The van der Waals surface area contributed by atoms with Crippen LogP contribution in [0.4, 0.5) is 0 Å². The molecular formula is C21H27NO3. The van der Waals surface area contributed by atoms with Crippen LogP contribution in [0.5, 0.6) is 0 Å². The zero-order valence-electron chi connectivity index (χ0n) is 14.9. The molecule has 0 spiro atoms. The summed E-state index contributed by atoms with van der Waals surface area (Å²) < 4.78 is 5.00. The van der Waals surface area contributed by atoms with Crippen LogP contribution in [-0.4, -0.2) is 36.5 Å². The zero-order chi connectivity index (χ0) is 18.1. The van der Waals surface area contributed by atoms with Crippen molar-refractivity contribution in [3.8, 4) is 12.3 Å². The van der Waals surface area contributed by atoms with Crippen LogP contribution in [0.25, 0.3) is 0 Å². The molecule has 4 heteroatoms. The van der Waals surface area contributed by atoms with Crippen molar-refractivity contribution in [2.75, 3.05) is 19.7 Å². The largest absolute Gasteiger partial charge is 0.465 e. The highest BCUT2D eigenvalue weighted by Gasteiger charge is 2.29. The maximum absolute atomic E-state index is 12.2. The molecule has 0 bridgehead atoms. The van der Waals surface area contributed by atoms with Gasteiger partial charge in [-0.1, -0.05) is 49.6 Å². The van der Waals surface area contributed by atoms with Gasteiger partial charge in [-0.2, -0.15) is 0 Å². The lowest BCUT2D eigenvalue weighted by Gasteiger charge is -2.34. The highest BCUT2D eigenvalue weighted by Crippen LogP contribution is 2.36. The Morgan fingerprint density at radius 3 is 2.52 bits per heavy atom. The summed E-state index contributed by atoms with van der Waals surface area (Å²) in [6.07, 6.45) is 11.3. The number of hydrogen-bond acceptors (Lipinski definition) is 3. The topological polar surface area (TPSA) is 46.6 Å². The van der Waals surface area contributed by atoms with Crippen LogP contribution in [0, 0.1) is 18.3 Å². The van der Waals surface area contributed by atoms with Gasteiger partial charge in [0, 0.05) is 12.5 Å². The number of rotatable bonds is 7. The average molecular weight is 341 g/mol. The second-order valence-corrected chi connectivity index (χ2v) is 6.55. The van der Waals surface area contributed by atoms with E-state index < -0.39 is 11.9 Å². The molecule has 0 saturated heterocycles. The van der Waals surface area contributed by atoms with Crippen molar-refractivity contribution in [1.82, 2.24) is 4.90 Å². The van der Waals surface area contributed by atoms with Gasteiger partial charge in [-0.25, -0.2) is 0 Å². The number of hydrogen-bond donors (Lipinski definition) is 0. The molecule has 1 amide bonds. The molecule has 1 aromatic carbocycles. The minimum Gasteiger partial charge on any atom is -0.465 e. The summed E-state index contributed by atoms with van der Waals surface area (Å²) in [6, 6.07) is 10.2. The number of carbonyl (C=O) groups excluding carboxylic acids is 2. The Hall–Kier alpha value is -2.28. The van der Waals surface area contributed by atoms with Crippen molar-refractivity contribution >= 4 is 11.9 Å². The van der Waals surface area contributed by atoms with Crippen molar-refractivity contribution in [3.05, 3.63) is 35.9 Å². The monoisotopic (exact) mass is 341 g/mol. The lowest BCUT2D eigenvalue weighted by Crippen LogP contribution is -2.40. The first kappa shape index (κ1) is 19.1. The van der Waals surface area contributed by atoms with Crippen LogP contribution >= 0.6 is 0 Å². The molecule has 1 fully saturated rings. The molecule has 1 atom stereocenters. The van der Waals surface area contributed by atoms with E-state index >= 15 is 0 Å². The van der Waals surface area contributed by atoms with Crippen LogP contribution in [0.2, 0.25) is 0 Å². The molecule has 25 heavy (non-hydrogen) atoms. The lowest BCUT2D eigenvalue weighted by atomic mass is 9.76. The zero-order valence-corrected chi connectivity index (χ0v) is 14.9. The first-order valence-corrected chi connectivity index (χ1v) is 9.11. The predicted molar refractivity (Wildman–Crippen MR) is 97.8 cm³/mol. The first-order valence-electron chi connectivity index (χ1n) is 9.11. The van der Waals surface area contributed by atoms with E-state index in [0.717, 1.165) is 12.8 Å². The van der Waals surface area contributed by atoms with Gasteiger partial charge in [-0.3, -0.25) is 9.59 Å². The molecular weight excluding hydrogens is 314 g/mol. The molecule has 1 saturated carbocycles. The number of nitrogens with zero attached hydrogens (tertiary/aromatic N) is 1. The van der Waals surface area contributed by atoms with Gasteiger partial charge in [0.1, 0.15) is 6.54 Å². The maximum atomic E-state index is 12.2. The van der Waals surface area contributed by atoms with E-state index in [4.69, 9.17) is 11.2 Å². The van der Waals surface area contributed by atoms with E-state index in [1.54, 1.807) is 6.92 Å². The van der Waals surface area contributed by atoms with Gasteiger partial charge in [0.05, 0.1) is 6.61 Å². The molecule has 1 aliphatic carbocycles. The summed E-state index contributed by atoms with van der Waals surface area (Å²) in [5.41, 5.74) is 1.20. The number of carbonyl (C=O) groups is 2. The number of benzene rings is 1. The SMILES string of the molecule is C#CC(=O)N(CC(=O)OCC)C[C@@H](c1ccccc1)C1CCCCC1. The lowest BCUT2D eigenvalue weighted by molar-refractivity contribution is -0.147. The van der Waals surface area contributed by atoms with Gasteiger partial charge in [-0.05, 0) is 37.2 Å². The summed E-state index contributed by atoms with van der Waals surface area (Å²) in [6.45, 7) is 2.41. The van der Waals surface area contributed by atoms with Gasteiger partial charge in [0.15, 0.2) is 0 Å². The Morgan fingerprint density at radius 1 is 1.24 bits per heavy atom. The molecule has 1 aliphatic rings. The van der Waals surface area contributed by atoms with E-state index in [1.165, 1.54) is 29.7 Å². The molecule has 0 radical (unpaired) electrons. The molecule has 0 heterocycles. The van der Waals surface area contributed by atoms with Gasteiger partial charge in [-0.15, -0.1) is 6.42 Å². The maximum Gasteiger partial charge on any atom is 0.325 e. The summed E-state index contributed by atoms with van der Waals surface area (Å²) in [5, 5.41) is 0. The highest BCUT2D eigenvalue weighted by molar-refractivity contribution is 5.94. The van der Waals surface area contributed by atoms with Crippen LogP contribution in [-0.2, 0) is 14.3 Å². The van der Waals surface area contributed by atoms with Crippen molar-refractivity contribution in [2.45, 2.75) is 44.9 Å². The first-order chi connectivity index (χ1) is 12.2. The van der Waals surface area contributed by atoms with Gasteiger partial charge < -0.3 is 9.64 Å². The molecule has 134 valence electrons. The third-order valence-corrected chi connectivity index (χ3v) is 4.90. The Kier molecular flexibility index (Phi) is 7.53. The second kappa shape index (κ2) is 9.88. The fourth-order valence-electron chi connectivity index (χ4n) is 3.67. The highest BCUT2D eigenvalue weighted by atomic mass is 16.5. The molecule has 0 aliphatic heterocycles. The Labute approximate surface area is 150 Å². The predicted octanol–water partition coefficient (Wildman–Crippen LogP) is 3.38. The summed E-state index contributed by atoms with van der Waals surface area (Å²) >= 11 is 0. The fraction of sp³-hybridized carbons (Fsp3) is 0.524. The average Bonchev–Trinajstić information content (AvgIpc) is 2.66. The van der Waals surface area contributed by atoms with E-state index in [0.29, 0.717) is 19.1 Å². The molecule has 0 unspecified atom stereocenters. The molecule has 0 aromatic heterocycles. The third-order valence-electron chi connectivity index (χ3n) is 4.90. The van der Waals surface area contributed by atoms with Gasteiger partial charge >= 0.3 is 5.97 Å². The van der Waals surface area contributed by atoms with E-state index in [9.17, 15) is 9.59 Å². The van der Waals surface area contributed by atoms with Crippen LogP contribution in [0.15, 0.2) is 30.3 Å². The number of amides is 1. The fourth-order valence-corrected chi connectivity index (χ4v) is 3.67. The second-order valence-electron chi connectivity index (χ2n) is 6.55. The molecule has 0 N–H and O–H groups in total. The van der Waals surface area contributed by atoms with E-state index in [1.807, 2.05) is 18.2 Å².